The molecule has 21 heavy (non-hydrogen) atoms. The number of halogens is 3. The molecule has 1 fully saturated rings. The lowest BCUT2D eigenvalue weighted by molar-refractivity contribution is -0.143. The lowest BCUT2D eigenvalue weighted by atomic mass is 10.1. The Hall–Kier alpha value is -1.27. The van der Waals surface area contributed by atoms with Gasteiger partial charge in [0, 0.05) is 13.1 Å². The number of likely N-dealkylation sites (tertiary alicyclic amines) is 1. The molecular formula is C15H21F3N2O. The molecule has 1 aromatic carbocycles. The first-order valence-corrected chi connectivity index (χ1v) is 7.09. The lowest BCUT2D eigenvalue weighted by Gasteiger charge is -2.18. The zero-order chi connectivity index (χ0) is 15.3. The molecule has 2 rings (SSSR count). The zero-order valence-corrected chi connectivity index (χ0v) is 12.1. The SMILES string of the molecule is COc1cccc(CNCC2CCN(CC(F)(F)F)C2)c1. The molecular weight excluding hydrogens is 281 g/mol. The molecule has 1 N–H and O–H groups in total. The van der Waals surface area contributed by atoms with Gasteiger partial charge in [-0.3, -0.25) is 4.90 Å². The van der Waals surface area contributed by atoms with Gasteiger partial charge in [-0.05, 0) is 43.1 Å². The first kappa shape index (κ1) is 16.1. The van der Waals surface area contributed by atoms with Crippen LogP contribution in [-0.2, 0) is 6.54 Å². The van der Waals surface area contributed by atoms with Crippen molar-refractivity contribution < 1.29 is 17.9 Å². The number of alkyl halides is 3. The van der Waals surface area contributed by atoms with E-state index < -0.39 is 12.7 Å². The maximum absolute atomic E-state index is 12.3. The highest BCUT2D eigenvalue weighted by Gasteiger charge is 2.34. The maximum atomic E-state index is 12.3. The van der Waals surface area contributed by atoms with Gasteiger partial charge in [-0.25, -0.2) is 0 Å². The number of hydrogen-bond acceptors (Lipinski definition) is 3. The summed E-state index contributed by atoms with van der Waals surface area (Å²) in [5.41, 5.74) is 1.11. The monoisotopic (exact) mass is 302 g/mol. The van der Waals surface area contributed by atoms with Gasteiger partial charge in [0.1, 0.15) is 5.75 Å². The molecule has 1 heterocycles. The van der Waals surface area contributed by atoms with Crippen LogP contribution in [0.4, 0.5) is 13.2 Å². The smallest absolute Gasteiger partial charge is 0.401 e. The number of nitrogens with zero attached hydrogens (tertiary/aromatic N) is 1. The highest BCUT2D eigenvalue weighted by atomic mass is 19.4. The fourth-order valence-corrected chi connectivity index (χ4v) is 2.68. The number of nitrogens with one attached hydrogen (secondary N) is 1. The van der Waals surface area contributed by atoms with Crippen LogP contribution >= 0.6 is 0 Å². The number of benzene rings is 1. The van der Waals surface area contributed by atoms with E-state index >= 15 is 0 Å². The Morgan fingerprint density at radius 3 is 2.90 bits per heavy atom. The summed E-state index contributed by atoms with van der Waals surface area (Å²) < 4.78 is 42.1. The van der Waals surface area contributed by atoms with Crippen LogP contribution in [0.15, 0.2) is 24.3 Å². The van der Waals surface area contributed by atoms with Crippen molar-refractivity contribution in [1.82, 2.24) is 10.2 Å². The van der Waals surface area contributed by atoms with Crippen LogP contribution in [0.2, 0.25) is 0 Å². The molecule has 1 unspecified atom stereocenters. The zero-order valence-electron chi connectivity index (χ0n) is 12.1. The van der Waals surface area contributed by atoms with E-state index in [1.54, 1.807) is 7.11 Å². The summed E-state index contributed by atoms with van der Waals surface area (Å²) in [6.07, 6.45) is -3.27. The molecule has 1 atom stereocenters. The number of rotatable bonds is 6. The van der Waals surface area contributed by atoms with E-state index in [4.69, 9.17) is 4.74 Å². The molecule has 0 saturated carbocycles. The Bertz CT molecular complexity index is 451. The van der Waals surface area contributed by atoms with E-state index in [0.717, 1.165) is 24.3 Å². The molecule has 0 radical (unpaired) electrons. The third-order valence-corrected chi connectivity index (χ3v) is 3.67. The molecule has 1 aliphatic heterocycles. The van der Waals surface area contributed by atoms with Crippen LogP contribution in [0, 0.1) is 5.92 Å². The van der Waals surface area contributed by atoms with Crippen molar-refractivity contribution in [2.75, 3.05) is 33.3 Å². The second-order valence-electron chi connectivity index (χ2n) is 5.49. The second kappa shape index (κ2) is 7.13. The molecule has 1 saturated heterocycles. The van der Waals surface area contributed by atoms with Crippen LogP contribution in [0.25, 0.3) is 0 Å². The molecule has 0 aliphatic carbocycles. The second-order valence-corrected chi connectivity index (χ2v) is 5.49. The summed E-state index contributed by atoms with van der Waals surface area (Å²) in [7, 11) is 1.63. The van der Waals surface area contributed by atoms with Crippen molar-refractivity contribution in [1.29, 1.82) is 0 Å². The molecule has 118 valence electrons. The number of hydrogen-bond donors (Lipinski definition) is 1. The first-order chi connectivity index (χ1) is 9.96. The number of ether oxygens (including phenoxy) is 1. The van der Waals surface area contributed by atoms with Crippen LogP contribution < -0.4 is 10.1 Å². The van der Waals surface area contributed by atoms with E-state index in [0.29, 0.717) is 19.6 Å². The van der Waals surface area contributed by atoms with Crippen LogP contribution in [0.1, 0.15) is 12.0 Å². The first-order valence-electron chi connectivity index (χ1n) is 7.09. The van der Waals surface area contributed by atoms with Crippen LogP contribution in [-0.4, -0.2) is 44.4 Å². The van der Waals surface area contributed by atoms with Crippen LogP contribution in [0.5, 0.6) is 5.75 Å². The number of methoxy groups -OCH3 is 1. The molecule has 0 aromatic heterocycles. The average molecular weight is 302 g/mol. The fourth-order valence-electron chi connectivity index (χ4n) is 2.68. The summed E-state index contributed by atoms with van der Waals surface area (Å²) in [6.45, 7) is 1.70. The van der Waals surface area contributed by atoms with Gasteiger partial charge >= 0.3 is 6.18 Å². The van der Waals surface area contributed by atoms with Crippen molar-refractivity contribution in [3.05, 3.63) is 29.8 Å². The summed E-state index contributed by atoms with van der Waals surface area (Å²) in [6, 6.07) is 7.77. The maximum Gasteiger partial charge on any atom is 0.401 e. The molecule has 1 aliphatic rings. The van der Waals surface area contributed by atoms with Gasteiger partial charge in [0.2, 0.25) is 0 Å². The Kier molecular flexibility index (Phi) is 5.47. The van der Waals surface area contributed by atoms with Crippen molar-refractivity contribution in [2.45, 2.75) is 19.1 Å². The molecule has 3 nitrogen and oxygen atoms in total. The van der Waals surface area contributed by atoms with E-state index in [9.17, 15) is 13.2 Å². The van der Waals surface area contributed by atoms with Crippen molar-refractivity contribution in [3.8, 4) is 5.75 Å². The Labute approximate surface area is 123 Å². The normalized spacial score (nSPS) is 19.9. The van der Waals surface area contributed by atoms with E-state index in [1.807, 2.05) is 24.3 Å². The summed E-state index contributed by atoms with van der Waals surface area (Å²) in [4.78, 5) is 1.48. The van der Waals surface area contributed by atoms with E-state index in [1.165, 1.54) is 4.90 Å². The molecule has 0 bridgehead atoms. The Balaban J connectivity index is 1.70. The Morgan fingerprint density at radius 1 is 1.38 bits per heavy atom. The van der Waals surface area contributed by atoms with Crippen LogP contribution in [0.3, 0.4) is 0 Å². The lowest BCUT2D eigenvalue weighted by Crippen LogP contribution is -2.33. The molecule has 1 aromatic rings. The van der Waals surface area contributed by atoms with Gasteiger partial charge < -0.3 is 10.1 Å². The molecule has 6 heteroatoms. The summed E-state index contributed by atoms with van der Waals surface area (Å²) in [5.74, 6) is 1.10. The van der Waals surface area contributed by atoms with Crippen molar-refractivity contribution in [2.24, 2.45) is 5.92 Å². The quantitative estimate of drug-likeness (QED) is 0.874. The minimum absolute atomic E-state index is 0.290. The standard InChI is InChI=1S/C15H21F3N2O/c1-21-14-4-2-3-12(7-14)8-19-9-13-5-6-20(10-13)11-15(16,17)18/h2-4,7,13,19H,5-6,8-11H2,1H3. The summed E-state index contributed by atoms with van der Waals surface area (Å²) in [5, 5.41) is 3.31. The largest absolute Gasteiger partial charge is 0.497 e. The predicted molar refractivity (Wildman–Crippen MR) is 75.3 cm³/mol. The minimum atomic E-state index is -4.09. The topological polar surface area (TPSA) is 24.5 Å². The highest BCUT2D eigenvalue weighted by Crippen LogP contribution is 2.22. The third-order valence-electron chi connectivity index (χ3n) is 3.67. The fraction of sp³-hybridized carbons (Fsp3) is 0.600. The van der Waals surface area contributed by atoms with Gasteiger partial charge in [-0.15, -0.1) is 0 Å². The predicted octanol–water partition coefficient (Wildman–Crippen LogP) is 2.67. The summed E-state index contributed by atoms with van der Waals surface area (Å²) >= 11 is 0. The van der Waals surface area contributed by atoms with Crippen molar-refractivity contribution in [3.63, 3.8) is 0 Å². The van der Waals surface area contributed by atoms with Gasteiger partial charge in [-0.2, -0.15) is 13.2 Å². The third kappa shape index (κ3) is 5.55. The van der Waals surface area contributed by atoms with Gasteiger partial charge in [-0.1, -0.05) is 12.1 Å². The van der Waals surface area contributed by atoms with Gasteiger partial charge in [0.25, 0.3) is 0 Å². The van der Waals surface area contributed by atoms with Gasteiger partial charge in [0.15, 0.2) is 0 Å². The molecule has 0 spiro atoms. The van der Waals surface area contributed by atoms with Gasteiger partial charge in [0.05, 0.1) is 13.7 Å². The minimum Gasteiger partial charge on any atom is -0.497 e. The highest BCUT2D eigenvalue weighted by molar-refractivity contribution is 5.28. The average Bonchev–Trinajstić information content (AvgIpc) is 2.84. The van der Waals surface area contributed by atoms with E-state index in [2.05, 4.69) is 5.32 Å². The Morgan fingerprint density at radius 2 is 2.19 bits per heavy atom. The van der Waals surface area contributed by atoms with Crippen molar-refractivity contribution >= 4 is 0 Å². The molecule has 0 amide bonds. The van der Waals surface area contributed by atoms with E-state index in [-0.39, 0.29) is 5.92 Å².